The van der Waals surface area contributed by atoms with Gasteiger partial charge in [0.2, 0.25) is 5.91 Å². The Kier molecular flexibility index (Phi) is 3.65. The Hall–Kier alpha value is -2.58. The van der Waals surface area contributed by atoms with Crippen LogP contribution in [0.25, 0.3) is 0 Å². The van der Waals surface area contributed by atoms with Crippen LogP contribution in [0.5, 0.6) is 0 Å². The Balaban J connectivity index is 2.77. The molecule has 0 bridgehead atoms. The summed E-state index contributed by atoms with van der Waals surface area (Å²) in [7, 11) is 1.18. The van der Waals surface area contributed by atoms with Crippen molar-refractivity contribution in [2.45, 2.75) is 6.54 Å². The highest BCUT2D eigenvalue weighted by atomic mass is 16.5. The average molecular weight is 241 g/mol. The van der Waals surface area contributed by atoms with Crippen LogP contribution in [0.3, 0.4) is 0 Å². The van der Waals surface area contributed by atoms with E-state index in [1.54, 1.807) is 0 Å². The monoisotopic (exact) mass is 241 g/mol. The normalized spacial score (nSPS) is 9.71. The molecule has 0 aliphatic carbocycles. The highest BCUT2D eigenvalue weighted by Crippen LogP contribution is 2.09. The number of nitrogens with two attached hydrogens (primary N) is 2. The van der Waals surface area contributed by atoms with Crippen LogP contribution in [0.2, 0.25) is 0 Å². The number of nitrogens with one attached hydrogen (secondary N) is 1. The molecule has 0 unspecified atom stereocenters. The summed E-state index contributed by atoms with van der Waals surface area (Å²) in [6.07, 6.45) is 1.27. The van der Waals surface area contributed by atoms with Gasteiger partial charge in [-0.2, -0.15) is 5.10 Å². The Morgan fingerprint density at radius 1 is 1.53 bits per heavy atom. The molecule has 1 aromatic rings. The largest absolute Gasteiger partial charge is 0.464 e. The maximum absolute atomic E-state index is 11.2. The first kappa shape index (κ1) is 12.5. The number of esters is 1. The Labute approximate surface area is 95.7 Å². The molecule has 0 aromatic carbocycles. The smallest absolute Gasteiger partial charge is 0.360 e. The molecule has 92 valence electrons. The molecule has 1 heterocycles. The van der Waals surface area contributed by atoms with E-state index in [2.05, 4.69) is 9.84 Å². The first-order valence-corrected chi connectivity index (χ1v) is 4.44. The van der Waals surface area contributed by atoms with Gasteiger partial charge in [-0.25, -0.2) is 9.59 Å². The Morgan fingerprint density at radius 3 is 2.71 bits per heavy atom. The zero-order valence-electron chi connectivity index (χ0n) is 8.97. The lowest BCUT2D eigenvalue weighted by atomic mass is 10.4. The van der Waals surface area contributed by atoms with Crippen LogP contribution in [0.15, 0.2) is 6.20 Å². The van der Waals surface area contributed by atoms with E-state index in [9.17, 15) is 14.4 Å². The molecule has 0 aliphatic heterocycles. The van der Waals surface area contributed by atoms with Gasteiger partial charge in [0, 0.05) is 6.20 Å². The maximum Gasteiger partial charge on any atom is 0.360 e. The van der Waals surface area contributed by atoms with Crippen LogP contribution in [0.1, 0.15) is 10.5 Å². The third-order valence-corrected chi connectivity index (χ3v) is 1.74. The second-order valence-electron chi connectivity index (χ2n) is 3.03. The maximum atomic E-state index is 11.2. The number of carbonyl (C=O) groups excluding carboxylic acids is 3. The van der Waals surface area contributed by atoms with Gasteiger partial charge in [0.05, 0.1) is 12.8 Å². The van der Waals surface area contributed by atoms with E-state index in [-0.39, 0.29) is 17.9 Å². The lowest BCUT2D eigenvalue weighted by Gasteiger charge is -2.00. The minimum Gasteiger partial charge on any atom is -0.464 e. The van der Waals surface area contributed by atoms with Crippen molar-refractivity contribution in [1.82, 2.24) is 15.1 Å². The summed E-state index contributed by atoms with van der Waals surface area (Å²) < 4.78 is 5.53. The highest BCUT2D eigenvalue weighted by molar-refractivity contribution is 5.94. The van der Waals surface area contributed by atoms with E-state index in [0.29, 0.717) is 0 Å². The molecule has 0 fully saturated rings. The number of rotatable bonds is 3. The first-order valence-electron chi connectivity index (χ1n) is 4.44. The number of hydrogen-bond donors (Lipinski definition) is 3. The number of primary amides is 1. The number of hydrogen-bond acceptors (Lipinski definition) is 6. The third-order valence-electron chi connectivity index (χ3n) is 1.74. The van der Waals surface area contributed by atoms with Gasteiger partial charge < -0.3 is 16.2 Å². The second kappa shape index (κ2) is 4.96. The van der Waals surface area contributed by atoms with E-state index in [1.807, 2.05) is 5.32 Å². The molecular formula is C8H11N5O4. The molecule has 9 nitrogen and oxygen atoms in total. The zero-order valence-corrected chi connectivity index (χ0v) is 8.97. The van der Waals surface area contributed by atoms with Crippen molar-refractivity contribution in [1.29, 1.82) is 0 Å². The number of urea groups is 1. The first-order chi connectivity index (χ1) is 7.93. The molecule has 17 heavy (non-hydrogen) atoms. The van der Waals surface area contributed by atoms with Crippen molar-refractivity contribution in [3.8, 4) is 0 Å². The van der Waals surface area contributed by atoms with Crippen LogP contribution < -0.4 is 16.8 Å². The van der Waals surface area contributed by atoms with Crippen molar-refractivity contribution in [2.24, 2.45) is 5.73 Å². The van der Waals surface area contributed by atoms with Crippen LogP contribution in [-0.4, -0.2) is 34.8 Å². The summed E-state index contributed by atoms with van der Waals surface area (Å²) >= 11 is 0. The van der Waals surface area contributed by atoms with Gasteiger partial charge in [-0.3, -0.25) is 14.8 Å². The number of nitrogens with zero attached hydrogens (tertiary/aromatic N) is 2. The topological polar surface area (TPSA) is 142 Å². The predicted molar refractivity (Wildman–Crippen MR) is 55.7 cm³/mol. The number of methoxy groups -OCH3 is 1. The van der Waals surface area contributed by atoms with Crippen molar-refractivity contribution >= 4 is 23.6 Å². The summed E-state index contributed by atoms with van der Waals surface area (Å²) in [4.78, 5) is 32.7. The molecule has 9 heteroatoms. The summed E-state index contributed by atoms with van der Waals surface area (Å²) in [6.45, 7) is -0.288. The van der Waals surface area contributed by atoms with Crippen molar-refractivity contribution in [2.75, 3.05) is 12.8 Å². The summed E-state index contributed by atoms with van der Waals surface area (Å²) in [5.41, 5.74) is 10.2. The van der Waals surface area contributed by atoms with Gasteiger partial charge in [-0.05, 0) is 0 Å². The fourth-order valence-corrected chi connectivity index (χ4v) is 1.10. The van der Waals surface area contributed by atoms with E-state index in [0.717, 1.165) is 4.68 Å². The minimum atomic E-state index is -0.969. The fourth-order valence-electron chi connectivity index (χ4n) is 1.10. The molecule has 0 saturated heterocycles. The van der Waals surface area contributed by atoms with Gasteiger partial charge in [0.15, 0.2) is 5.69 Å². The Morgan fingerprint density at radius 2 is 2.18 bits per heavy atom. The second-order valence-corrected chi connectivity index (χ2v) is 3.03. The average Bonchev–Trinajstić information content (AvgIpc) is 2.56. The van der Waals surface area contributed by atoms with Crippen LogP contribution in [0.4, 0.5) is 10.5 Å². The number of anilines is 1. The van der Waals surface area contributed by atoms with Crippen LogP contribution >= 0.6 is 0 Å². The molecule has 3 amide bonds. The molecular weight excluding hydrogens is 230 g/mol. The summed E-state index contributed by atoms with van der Waals surface area (Å²) in [6, 6.07) is -0.969. The Bertz CT molecular complexity index is 466. The summed E-state index contributed by atoms with van der Waals surface area (Å²) in [5.74, 6) is -1.38. The number of nitrogen functional groups attached to an aromatic ring is 1. The van der Waals surface area contributed by atoms with Gasteiger partial charge in [0.1, 0.15) is 6.54 Å². The fraction of sp³-hybridized carbons (Fsp3) is 0.250. The van der Waals surface area contributed by atoms with E-state index >= 15 is 0 Å². The standard InChI is InChI=1S/C8H11N5O4/c1-17-7(15)6-4(9)2-13(12-6)3-5(14)11-8(10)16/h2H,3,9H2,1H3,(H3,10,11,14,16). The quantitative estimate of drug-likeness (QED) is 0.546. The van der Waals surface area contributed by atoms with Gasteiger partial charge >= 0.3 is 12.0 Å². The van der Waals surface area contributed by atoms with Gasteiger partial charge in [-0.15, -0.1) is 0 Å². The van der Waals surface area contributed by atoms with E-state index in [1.165, 1.54) is 13.3 Å². The zero-order chi connectivity index (χ0) is 13.0. The molecule has 0 spiro atoms. The predicted octanol–water partition coefficient (Wildman–Crippen LogP) is -1.55. The van der Waals surface area contributed by atoms with E-state index < -0.39 is 17.9 Å². The van der Waals surface area contributed by atoms with Crippen molar-refractivity contribution < 1.29 is 19.1 Å². The molecule has 0 saturated carbocycles. The van der Waals surface area contributed by atoms with Gasteiger partial charge in [0.25, 0.3) is 0 Å². The van der Waals surface area contributed by atoms with Gasteiger partial charge in [-0.1, -0.05) is 0 Å². The SMILES string of the molecule is COC(=O)c1nn(CC(=O)NC(N)=O)cc1N. The van der Waals surface area contributed by atoms with Crippen molar-refractivity contribution in [3.05, 3.63) is 11.9 Å². The molecule has 5 N–H and O–H groups in total. The number of amides is 3. The lowest BCUT2D eigenvalue weighted by molar-refractivity contribution is -0.120. The number of carbonyl (C=O) groups is 3. The van der Waals surface area contributed by atoms with E-state index in [4.69, 9.17) is 11.5 Å². The molecule has 0 aliphatic rings. The van der Waals surface area contributed by atoms with Crippen molar-refractivity contribution in [3.63, 3.8) is 0 Å². The molecule has 0 atom stereocenters. The lowest BCUT2D eigenvalue weighted by Crippen LogP contribution is -2.37. The van der Waals surface area contributed by atoms with Crippen LogP contribution in [-0.2, 0) is 16.1 Å². The third kappa shape index (κ3) is 3.19. The number of imide groups is 1. The molecule has 0 radical (unpaired) electrons. The minimum absolute atomic E-state index is 0.0729. The number of aromatic nitrogens is 2. The van der Waals surface area contributed by atoms with Crippen LogP contribution in [0, 0.1) is 0 Å². The highest BCUT2D eigenvalue weighted by Gasteiger charge is 2.16. The summed E-state index contributed by atoms with van der Waals surface area (Å²) in [5, 5.41) is 5.58. The molecule has 1 rings (SSSR count). The molecule has 1 aromatic heterocycles. The number of ether oxygens (including phenoxy) is 1.